The topological polar surface area (TPSA) is 29.3 Å². The highest BCUT2D eigenvalue weighted by atomic mass is 79.9. The van der Waals surface area contributed by atoms with E-state index in [1.54, 1.807) is 6.07 Å². The van der Waals surface area contributed by atoms with Crippen LogP contribution in [0.1, 0.15) is 44.1 Å². The van der Waals surface area contributed by atoms with Gasteiger partial charge in [0, 0.05) is 16.1 Å². The van der Waals surface area contributed by atoms with Gasteiger partial charge >= 0.3 is 0 Å². The van der Waals surface area contributed by atoms with Gasteiger partial charge in [0.25, 0.3) is 0 Å². The van der Waals surface area contributed by atoms with Crippen LogP contribution in [0.5, 0.6) is 0 Å². The van der Waals surface area contributed by atoms with Gasteiger partial charge < -0.3 is 10.6 Å². The zero-order valence-corrected chi connectivity index (χ0v) is 14.6. The normalized spacial score (nSPS) is 20.3. The molecule has 1 fully saturated rings. The average Bonchev–Trinajstić information content (AvgIpc) is 2.69. The van der Waals surface area contributed by atoms with Crippen molar-refractivity contribution in [3.8, 4) is 0 Å². The van der Waals surface area contributed by atoms with Crippen molar-refractivity contribution in [1.29, 1.82) is 0 Å². The predicted molar refractivity (Wildman–Crippen MR) is 89.9 cm³/mol. The van der Waals surface area contributed by atoms with Crippen molar-refractivity contribution in [2.45, 2.75) is 56.5 Å². The van der Waals surface area contributed by atoms with Crippen molar-refractivity contribution in [3.05, 3.63) is 34.1 Å². The molecule has 1 aromatic carbocycles. The van der Waals surface area contributed by atoms with Gasteiger partial charge in [-0.2, -0.15) is 0 Å². The highest BCUT2D eigenvalue weighted by Crippen LogP contribution is 2.35. The first-order valence-corrected chi connectivity index (χ1v) is 8.62. The second kappa shape index (κ2) is 7.21. The van der Waals surface area contributed by atoms with Crippen LogP contribution in [0.25, 0.3) is 0 Å². The van der Waals surface area contributed by atoms with E-state index in [2.05, 4.69) is 34.9 Å². The van der Waals surface area contributed by atoms with Gasteiger partial charge in [-0.3, -0.25) is 0 Å². The van der Waals surface area contributed by atoms with Crippen LogP contribution in [0, 0.1) is 5.82 Å². The quantitative estimate of drug-likeness (QED) is 0.822. The molecule has 1 aromatic rings. The Balaban J connectivity index is 2.22. The SMILES string of the molecule is CN(C)C1(C(N)Cc2cc(Br)ccc2F)CCCCCC1. The molecule has 21 heavy (non-hydrogen) atoms. The van der Waals surface area contributed by atoms with E-state index >= 15 is 0 Å². The lowest BCUT2D eigenvalue weighted by atomic mass is 9.79. The lowest BCUT2D eigenvalue weighted by Gasteiger charge is -2.44. The van der Waals surface area contributed by atoms with Gasteiger partial charge in [-0.15, -0.1) is 0 Å². The maximum Gasteiger partial charge on any atom is 0.126 e. The van der Waals surface area contributed by atoms with Gasteiger partial charge in [0.05, 0.1) is 0 Å². The van der Waals surface area contributed by atoms with Crippen molar-refractivity contribution in [2.24, 2.45) is 5.73 Å². The molecular formula is C17H26BrFN2. The number of hydrogen-bond acceptors (Lipinski definition) is 2. The van der Waals surface area contributed by atoms with E-state index in [9.17, 15) is 4.39 Å². The molecule has 1 saturated carbocycles. The molecule has 0 amide bonds. The Morgan fingerprint density at radius 2 is 1.86 bits per heavy atom. The minimum absolute atomic E-state index is 0.00867. The number of nitrogens with zero attached hydrogens (tertiary/aromatic N) is 1. The fraction of sp³-hybridized carbons (Fsp3) is 0.647. The summed E-state index contributed by atoms with van der Waals surface area (Å²) < 4.78 is 14.9. The maximum atomic E-state index is 14.0. The van der Waals surface area contributed by atoms with E-state index in [4.69, 9.17) is 5.73 Å². The average molecular weight is 357 g/mol. The minimum atomic E-state index is -0.156. The number of benzene rings is 1. The third-order valence-electron chi connectivity index (χ3n) is 5.00. The van der Waals surface area contributed by atoms with Gasteiger partial charge in [-0.1, -0.05) is 41.6 Å². The molecule has 118 valence electrons. The number of nitrogens with two attached hydrogens (primary N) is 1. The highest BCUT2D eigenvalue weighted by Gasteiger charge is 2.39. The third kappa shape index (κ3) is 3.85. The van der Waals surface area contributed by atoms with Crippen molar-refractivity contribution >= 4 is 15.9 Å². The summed E-state index contributed by atoms with van der Waals surface area (Å²) in [5.41, 5.74) is 7.28. The van der Waals surface area contributed by atoms with Gasteiger partial charge in [-0.05, 0) is 57.1 Å². The summed E-state index contributed by atoms with van der Waals surface area (Å²) in [6, 6.07) is 5.06. The summed E-state index contributed by atoms with van der Waals surface area (Å²) in [6.07, 6.45) is 7.80. The van der Waals surface area contributed by atoms with E-state index in [1.807, 2.05) is 6.07 Å². The van der Waals surface area contributed by atoms with Crippen LogP contribution >= 0.6 is 15.9 Å². The van der Waals surface area contributed by atoms with Crippen LogP contribution in [0.2, 0.25) is 0 Å². The van der Waals surface area contributed by atoms with Crippen LogP contribution < -0.4 is 5.73 Å². The predicted octanol–water partition coefficient (Wildman–Crippen LogP) is 4.11. The smallest absolute Gasteiger partial charge is 0.126 e. The molecule has 0 aromatic heterocycles. The van der Waals surface area contributed by atoms with Crippen LogP contribution in [-0.4, -0.2) is 30.6 Å². The fourth-order valence-electron chi connectivity index (χ4n) is 3.62. The van der Waals surface area contributed by atoms with Gasteiger partial charge in [-0.25, -0.2) is 4.39 Å². The number of halogens is 2. The number of likely N-dealkylation sites (N-methyl/N-ethyl adjacent to an activating group) is 1. The van der Waals surface area contributed by atoms with Crippen molar-refractivity contribution in [3.63, 3.8) is 0 Å². The lowest BCUT2D eigenvalue weighted by molar-refractivity contribution is 0.0964. The molecule has 0 radical (unpaired) electrons. The van der Waals surface area contributed by atoms with Gasteiger partial charge in [0.2, 0.25) is 0 Å². The molecule has 0 saturated heterocycles. The second-order valence-electron chi connectivity index (χ2n) is 6.46. The molecular weight excluding hydrogens is 331 g/mol. The lowest BCUT2D eigenvalue weighted by Crippen LogP contribution is -2.58. The molecule has 1 aliphatic rings. The fourth-order valence-corrected chi connectivity index (χ4v) is 4.03. The molecule has 1 aliphatic carbocycles. The summed E-state index contributed by atoms with van der Waals surface area (Å²) in [5, 5.41) is 0. The Bertz CT molecular complexity index is 468. The molecule has 0 heterocycles. The van der Waals surface area contributed by atoms with Crippen LogP contribution in [0.15, 0.2) is 22.7 Å². The standard InChI is InChI=1S/C17H26BrFN2/c1-21(2)17(9-5-3-4-6-10-17)16(20)12-13-11-14(18)7-8-15(13)19/h7-8,11,16H,3-6,9-10,12,20H2,1-2H3. The second-order valence-corrected chi connectivity index (χ2v) is 7.37. The van der Waals surface area contributed by atoms with Crippen LogP contribution in [-0.2, 0) is 6.42 Å². The zero-order valence-electron chi connectivity index (χ0n) is 13.0. The van der Waals surface area contributed by atoms with Crippen LogP contribution in [0.4, 0.5) is 4.39 Å². The summed E-state index contributed by atoms with van der Waals surface area (Å²) in [5.74, 6) is -0.156. The highest BCUT2D eigenvalue weighted by molar-refractivity contribution is 9.10. The van der Waals surface area contributed by atoms with Crippen molar-refractivity contribution in [2.75, 3.05) is 14.1 Å². The molecule has 2 N–H and O–H groups in total. The van der Waals surface area contributed by atoms with E-state index in [0.29, 0.717) is 12.0 Å². The van der Waals surface area contributed by atoms with Crippen molar-refractivity contribution < 1.29 is 4.39 Å². The summed E-state index contributed by atoms with van der Waals surface area (Å²) in [7, 11) is 4.23. The zero-order chi connectivity index (χ0) is 15.5. The van der Waals surface area contributed by atoms with E-state index in [0.717, 1.165) is 17.3 Å². The largest absolute Gasteiger partial charge is 0.326 e. The third-order valence-corrected chi connectivity index (χ3v) is 5.49. The molecule has 4 heteroatoms. The van der Waals surface area contributed by atoms with E-state index < -0.39 is 0 Å². The van der Waals surface area contributed by atoms with Crippen LogP contribution in [0.3, 0.4) is 0 Å². The first-order valence-electron chi connectivity index (χ1n) is 7.82. The number of rotatable bonds is 4. The van der Waals surface area contributed by atoms with E-state index in [1.165, 1.54) is 31.7 Å². The molecule has 2 rings (SSSR count). The summed E-state index contributed by atoms with van der Waals surface area (Å²) in [4.78, 5) is 2.28. The Hall–Kier alpha value is -0.450. The molecule has 1 unspecified atom stereocenters. The molecule has 0 spiro atoms. The number of hydrogen-bond donors (Lipinski definition) is 1. The van der Waals surface area contributed by atoms with Crippen molar-refractivity contribution in [1.82, 2.24) is 4.90 Å². The molecule has 0 bridgehead atoms. The summed E-state index contributed by atoms with van der Waals surface area (Å²) in [6.45, 7) is 0. The Morgan fingerprint density at radius 1 is 1.24 bits per heavy atom. The molecule has 0 aliphatic heterocycles. The minimum Gasteiger partial charge on any atom is -0.326 e. The monoisotopic (exact) mass is 356 g/mol. The first-order chi connectivity index (χ1) is 9.95. The summed E-state index contributed by atoms with van der Waals surface area (Å²) >= 11 is 3.42. The van der Waals surface area contributed by atoms with E-state index in [-0.39, 0.29) is 17.4 Å². The Kier molecular flexibility index (Phi) is 5.81. The maximum absolute atomic E-state index is 14.0. The molecule has 1 atom stereocenters. The Labute approximate surface area is 136 Å². The molecule has 2 nitrogen and oxygen atoms in total. The first kappa shape index (κ1) is 16.9. The van der Waals surface area contributed by atoms with Gasteiger partial charge in [0.15, 0.2) is 0 Å². The Morgan fingerprint density at radius 3 is 2.43 bits per heavy atom. The van der Waals surface area contributed by atoms with Gasteiger partial charge in [0.1, 0.15) is 5.82 Å².